The topological polar surface area (TPSA) is 77.9 Å². The van der Waals surface area contributed by atoms with Crippen molar-refractivity contribution >= 4 is 39.8 Å². The van der Waals surface area contributed by atoms with E-state index in [2.05, 4.69) is 33.1 Å². The number of piperazine rings is 1. The molecule has 0 radical (unpaired) electrons. The van der Waals surface area contributed by atoms with E-state index in [1.54, 1.807) is 6.20 Å². The van der Waals surface area contributed by atoms with Crippen molar-refractivity contribution in [2.45, 2.75) is 44.2 Å². The molecule has 2 aromatic rings. The molecular weight excluding hydrogens is 440 g/mol. The summed E-state index contributed by atoms with van der Waals surface area (Å²) >= 11 is 6.67. The predicted molar refractivity (Wildman–Crippen MR) is 129 cm³/mol. The molecule has 7 nitrogen and oxygen atoms in total. The third-order valence-electron chi connectivity index (χ3n) is 8.62. The number of aliphatic hydroxyl groups is 1. The van der Waals surface area contributed by atoms with Gasteiger partial charge in [0, 0.05) is 43.7 Å². The van der Waals surface area contributed by atoms with Crippen LogP contribution in [0.25, 0.3) is 10.8 Å². The van der Waals surface area contributed by atoms with Crippen LogP contribution in [0.2, 0.25) is 5.02 Å². The molecule has 2 aliphatic heterocycles. The Bertz CT molecular complexity index is 1100. The second-order valence-electron chi connectivity index (χ2n) is 10.5. The standard InChI is InChI=1S/C25H31ClN4O3/c1-24(15-33-14-21(24)31)30-7-5-29(6-8-30)20-10-16-11-22(27-13-17(16)9-19(20)26)28-23(32)18-12-25(18)3-2-4-25/h9-11,13,18,21,31H,2-8,12,14-15H2,1H3,(H,27,28,32)/t18-,21+,24-/m0/s1. The largest absolute Gasteiger partial charge is 0.389 e. The molecule has 176 valence electrons. The highest BCUT2D eigenvalue weighted by Crippen LogP contribution is 2.65. The number of amides is 1. The highest BCUT2D eigenvalue weighted by Gasteiger charge is 2.60. The number of aromatic nitrogens is 1. The maximum Gasteiger partial charge on any atom is 0.229 e. The van der Waals surface area contributed by atoms with E-state index in [4.69, 9.17) is 16.3 Å². The van der Waals surface area contributed by atoms with Crippen LogP contribution in [-0.2, 0) is 9.53 Å². The van der Waals surface area contributed by atoms with Crippen LogP contribution in [0.15, 0.2) is 24.4 Å². The van der Waals surface area contributed by atoms with E-state index in [0.717, 1.165) is 49.1 Å². The van der Waals surface area contributed by atoms with E-state index in [9.17, 15) is 9.90 Å². The van der Waals surface area contributed by atoms with E-state index in [1.807, 2.05) is 12.1 Å². The fourth-order valence-corrected chi connectivity index (χ4v) is 6.28. The number of aliphatic hydroxyl groups excluding tert-OH is 1. The fraction of sp³-hybridized carbons (Fsp3) is 0.600. The molecule has 3 atom stereocenters. The normalized spacial score (nSPS) is 31.1. The number of pyridine rings is 1. The minimum absolute atomic E-state index is 0.110. The number of ether oxygens (including phenoxy) is 1. The van der Waals surface area contributed by atoms with E-state index in [0.29, 0.717) is 29.5 Å². The van der Waals surface area contributed by atoms with Crippen LogP contribution in [0.3, 0.4) is 0 Å². The van der Waals surface area contributed by atoms with Crippen LogP contribution < -0.4 is 10.2 Å². The molecule has 2 saturated carbocycles. The Balaban J connectivity index is 1.17. The number of anilines is 2. The van der Waals surface area contributed by atoms with Gasteiger partial charge in [-0.05, 0) is 55.2 Å². The summed E-state index contributed by atoms with van der Waals surface area (Å²) in [7, 11) is 0. The number of rotatable bonds is 4. The molecule has 33 heavy (non-hydrogen) atoms. The second-order valence-corrected chi connectivity index (χ2v) is 11.0. The summed E-state index contributed by atoms with van der Waals surface area (Å²) in [6.07, 6.45) is 5.99. The molecule has 1 amide bonds. The Labute approximate surface area is 199 Å². The van der Waals surface area contributed by atoms with Gasteiger partial charge in [-0.2, -0.15) is 0 Å². The third kappa shape index (κ3) is 3.60. The summed E-state index contributed by atoms with van der Waals surface area (Å²) in [5.74, 6) is 0.875. The molecule has 2 N–H and O–H groups in total. The SMILES string of the molecule is C[C@]1(N2CCN(c3cc4cc(NC(=O)[C@@H]5CC56CCC6)ncc4cc3Cl)CC2)COC[C@H]1O. The Morgan fingerprint density at radius 1 is 1.21 bits per heavy atom. The predicted octanol–water partition coefficient (Wildman–Crippen LogP) is 3.29. The van der Waals surface area contributed by atoms with Gasteiger partial charge in [-0.25, -0.2) is 4.98 Å². The average Bonchev–Trinajstić information content (AvgIpc) is 3.48. The van der Waals surface area contributed by atoms with E-state index >= 15 is 0 Å². The lowest BCUT2D eigenvalue weighted by Gasteiger charge is -2.45. The summed E-state index contributed by atoms with van der Waals surface area (Å²) < 4.78 is 5.52. The van der Waals surface area contributed by atoms with Crippen molar-refractivity contribution in [2.24, 2.45) is 11.3 Å². The van der Waals surface area contributed by atoms with Gasteiger partial charge >= 0.3 is 0 Å². The van der Waals surface area contributed by atoms with Gasteiger partial charge in [-0.15, -0.1) is 0 Å². The Morgan fingerprint density at radius 3 is 2.64 bits per heavy atom. The molecular formula is C25H31ClN4O3. The first kappa shape index (κ1) is 21.6. The van der Waals surface area contributed by atoms with Crippen molar-refractivity contribution in [3.8, 4) is 0 Å². The zero-order valence-electron chi connectivity index (χ0n) is 19.0. The minimum Gasteiger partial charge on any atom is -0.389 e. The number of hydrogen-bond acceptors (Lipinski definition) is 6. The van der Waals surface area contributed by atoms with Gasteiger partial charge in [0.25, 0.3) is 0 Å². The van der Waals surface area contributed by atoms with Crippen LogP contribution in [-0.4, -0.2) is 71.9 Å². The quantitative estimate of drug-likeness (QED) is 0.714. The number of fused-ring (bicyclic) bond motifs is 1. The Hall–Kier alpha value is -1.93. The van der Waals surface area contributed by atoms with Crippen molar-refractivity contribution in [1.82, 2.24) is 9.88 Å². The summed E-state index contributed by atoms with van der Waals surface area (Å²) in [4.78, 5) is 21.8. The summed E-state index contributed by atoms with van der Waals surface area (Å²) in [6, 6.07) is 6.01. The van der Waals surface area contributed by atoms with Crippen molar-refractivity contribution in [2.75, 3.05) is 49.6 Å². The van der Waals surface area contributed by atoms with Crippen molar-refractivity contribution in [1.29, 1.82) is 0 Å². The van der Waals surface area contributed by atoms with Gasteiger partial charge < -0.3 is 20.1 Å². The van der Waals surface area contributed by atoms with Crippen molar-refractivity contribution in [3.63, 3.8) is 0 Å². The number of benzene rings is 1. The summed E-state index contributed by atoms with van der Waals surface area (Å²) in [5.41, 5.74) is 0.982. The molecule has 0 bridgehead atoms. The van der Waals surface area contributed by atoms with E-state index < -0.39 is 6.10 Å². The maximum absolute atomic E-state index is 12.7. The first-order valence-electron chi connectivity index (χ1n) is 12.0. The van der Waals surface area contributed by atoms with Crippen molar-refractivity contribution < 1.29 is 14.6 Å². The zero-order chi connectivity index (χ0) is 22.8. The maximum atomic E-state index is 12.7. The molecule has 3 heterocycles. The van der Waals surface area contributed by atoms with Gasteiger partial charge in [-0.3, -0.25) is 9.69 Å². The lowest BCUT2D eigenvalue weighted by atomic mass is 9.80. The van der Waals surface area contributed by atoms with Gasteiger partial charge in [0.05, 0.1) is 35.6 Å². The van der Waals surface area contributed by atoms with Gasteiger partial charge in [0.15, 0.2) is 0 Å². The highest BCUT2D eigenvalue weighted by molar-refractivity contribution is 6.34. The first-order valence-corrected chi connectivity index (χ1v) is 12.4. The van der Waals surface area contributed by atoms with Crippen LogP contribution in [0, 0.1) is 11.3 Å². The number of carbonyl (C=O) groups is 1. The molecule has 4 aliphatic rings. The molecule has 2 aliphatic carbocycles. The Kier molecular flexibility index (Phi) is 5.11. The van der Waals surface area contributed by atoms with Gasteiger partial charge in [0.1, 0.15) is 5.82 Å². The monoisotopic (exact) mass is 470 g/mol. The molecule has 1 spiro atoms. The Morgan fingerprint density at radius 2 is 2.00 bits per heavy atom. The van der Waals surface area contributed by atoms with Crippen molar-refractivity contribution in [3.05, 3.63) is 29.4 Å². The number of halogens is 1. The molecule has 6 rings (SSSR count). The lowest BCUT2D eigenvalue weighted by Crippen LogP contribution is -2.60. The van der Waals surface area contributed by atoms with Gasteiger partial charge in [0.2, 0.25) is 5.91 Å². The number of nitrogens with one attached hydrogen (secondary N) is 1. The molecule has 1 aromatic carbocycles. The third-order valence-corrected chi connectivity index (χ3v) is 8.93. The first-order chi connectivity index (χ1) is 15.9. The van der Waals surface area contributed by atoms with E-state index in [1.165, 1.54) is 19.3 Å². The van der Waals surface area contributed by atoms with Crippen LogP contribution in [0.4, 0.5) is 11.5 Å². The number of hydrogen-bond donors (Lipinski definition) is 2. The van der Waals surface area contributed by atoms with E-state index in [-0.39, 0.29) is 17.4 Å². The van der Waals surface area contributed by atoms with Gasteiger partial charge in [-0.1, -0.05) is 18.0 Å². The smallest absolute Gasteiger partial charge is 0.229 e. The minimum atomic E-state index is -0.454. The van der Waals surface area contributed by atoms with Crippen LogP contribution >= 0.6 is 11.6 Å². The second kappa shape index (κ2) is 7.80. The lowest BCUT2D eigenvalue weighted by molar-refractivity contribution is -0.118. The molecule has 8 heteroatoms. The zero-order valence-corrected chi connectivity index (χ0v) is 19.8. The number of carbonyl (C=O) groups excluding carboxylic acids is 1. The number of nitrogens with zero attached hydrogens (tertiary/aromatic N) is 3. The van der Waals surface area contributed by atoms with Crippen LogP contribution in [0.5, 0.6) is 0 Å². The summed E-state index contributed by atoms with van der Waals surface area (Å²) in [5, 5.41) is 16.1. The molecule has 1 aromatic heterocycles. The average molecular weight is 471 g/mol. The molecule has 2 saturated heterocycles. The molecule has 0 unspecified atom stereocenters. The fourth-order valence-electron chi connectivity index (χ4n) is 5.99. The van der Waals surface area contributed by atoms with Crippen LogP contribution in [0.1, 0.15) is 32.6 Å². The summed E-state index contributed by atoms with van der Waals surface area (Å²) in [6.45, 7) is 6.38. The molecule has 4 fully saturated rings. The highest BCUT2D eigenvalue weighted by atomic mass is 35.5.